The highest BCUT2D eigenvalue weighted by Gasteiger charge is 2.69. The Morgan fingerprint density at radius 3 is 1.97 bits per heavy atom. The van der Waals surface area contributed by atoms with E-state index in [1.807, 2.05) is 6.92 Å². The van der Waals surface area contributed by atoms with Gasteiger partial charge in [-0.3, -0.25) is 9.59 Å². The molecule has 60 heavy (non-hydrogen) atoms. The molecule has 0 radical (unpaired) electrons. The number of hydrogen-bond donors (Lipinski definition) is 11. The summed E-state index contributed by atoms with van der Waals surface area (Å²) in [5.41, 5.74) is -1.58. The van der Waals surface area contributed by atoms with E-state index in [1.165, 1.54) is 0 Å². The summed E-state index contributed by atoms with van der Waals surface area (Å²) >= 11 is 0. The molecule has 0 aromatic heterocycles. The Morgan fingerprint density at radius 1 is 0.733 bits per heavy atom. The normalized spacial score (nSPS) is 51.7. The number of rotatable bonds is 12. The standard InChI is InChI=1S/C41H65NO18/c1-18-12-40-10-6-23-38(3,8-5-9-39(23,4)37(54)42-13-25(46)47)24(40)7-11-41(18,17-40)60-36-33(59-35-31(53)29(51)27(49)21(15-44)56-35)32(28(50)22(16-45)57-36)58-34-30(52)26(48)19(2)20(14-43)55-34/h19-24,26-36,43-45,48-53H,1,5-17H2,2-4H3,(H,42,54)(H,46,47)/t19-,20-,21-,22-,23+,24+,26+,27-,28-,29+,30-,31-,32+,33-,34+,35+,36+,38-,39-,40-,41+/m1/s1. The lowest BCUT2D eigenvalue weighted by atomic mass is 9.40. The second-order valence-electron chi connectivity index (χ2n) is 19.1. The Bertz CT molecular complexity index is 1590. The Morgan fingerprint density at radius 2 is 1.32 bits per heavy atom. The van der Waals surface area contributed by atoms with Gasteiger partial charge >= 0.3 is 5.97 Å². The van der Waals surface area contributed by atoms with Gasteiger partial charge in [0.1, 0.15) is 61.5 Å². The van der Waals surface area contributed by atoms with Crippen molar-refractivity contribution < 1.29 is 89.1 Å². The topological polar surface area (TPSA) is 304 Å². The molecule has 0 aromatic rings. The zero-order valence-electron chi connectivity index (χ0n) is 34.5. The van der Waals surface area contributed by atoms with Gasteiger partial charge in [-0.15, -0.1) is 0 Å². The molecule has 19 heteroatoms. The van der Waals surface area contributed by atoms with Crippen molar-refractivity contribution in [1.29, 1.82) is 0 Å². The second kappa shape index (κ2) is 17.2. The summed E-state index contributed by atoms with van der Waals surface area (Å²) in [6.07, 6.45) is -16.1. The number of nitrogens with one attached hydrogen (secondary N) is 1. The molecular formula is C41H65NO18. The van der Waals surface area contributed by atoms with Crippen LogP contribution in [0.5, 0.6) is 0 Å². The molecule has 1 spiro atoms. The first-order valence-corrected chi connectivity index (χ1v) is 21.3. The molecule has 0 aromatic carbocycles. The minimum absolute atomic E-state index is 0.00236. The van der Waals surface area contributed by atoms with Crippen LogP contribution in [0.3, 0.4) is 0 Å². The van der Waals surface area contributed by atoms with Crippen molar-refractivity contribution >= 4 is 11.9 Å². The van der Waals surface area contributed by atoms with Crippen LogP contribution >= 0.6 is 0 Å². The smallest absolute Gasteiger partial charge is 0.322 e. The molecule has 4 aliphatic carbocycles. The van der Waals surface area contributed by atoms with Crippen molar-refractivity contribution in [2.24, 2.45) is 34.0 Å². The van der Waals surface area contributed by atoms with E-state index in [1.54, 1.807) is 6.92 Å². The van der Waals surface area contributed by atoms with Gasteiger partial charge in [0, 0.05) is 11.3 Å². The zero-order valence-corrected chi connectivity index (χ0v) is 34.5. The predicted octanol–water partition coefficient (Wildman–Crippen LogP) is -1.98. The quantitative estimate of drug-likeness (QED) is 0.0749. The summed E-state index contributed by atoms with van der Waals surface area (Å²) in [6.45, 7) is 7.80. The van der Waals surface area contributed by atoms with E-state index in [9.17, 15) is 60.7 Å². The Balaban J connectivity index is 1.19. The van der Waals surface area contributed by atoms with Crippen molar-refractivity contribution in [2.45, 2.75) is 170 Å². The number of carbonyl (C=O) groups is 2. The Hall–Kier alpha value is -1.92. The van der Waals surface area contributed by atoms with Crippen molar-refractivity contribution in [1.82, 2.24) is 5.32 Å². The van der Waals surface area contributed by atoms with Gasteiger partial charge in [-0.2, -0.15) is 0 Å². The van der Waals surface area contributed by atoms with Crippen LogP contribution in [-0.2, 0) is 38.0 Å². The highest BCUT2D eigenvalue weighted by Crippen LogP contribution is 2.73. The van der Waals surface area contributed by atoms with Gasteiger partial charge in [-0.05, 0) is 79.6 Å². The molecule has 3 aliphatic heterocycles. The number of amides is 1. The van der Waals surface area contributed by atoms with Crippen molar-refractivity contribution in [3.63, 3.8) is 0 Å². The predicted molar refractivity (Wildman–Crippen MR) is 203 cm³/mol. The fourth-order valence-electron chi connectivity index (χ4n) is 12.7. The largest absolute Gasteiger partial charge is 0.480 e. The van der Waals surface area contributed by atoms with Crippen molar-refractivity contribution in [3.05, 3.63) is 12.2 Å². The number of carboxylic acid groups (broad SMARTS) is 1. The molecule has 19 nitrogen and oxygen atoms in total. The first kappa shape index (κ1) is 46.1. The van der Waals surface area contributed by atoms with E-state index in [0.717, 1.165) is 24.8 Å². The van der Waals surface area contributed by atoms with Crippen LogP contribution in [0.2, 0.25) is 0 Å². The molecule has 1 amide bonds. The van der Waals surface area contributed by atoms with E-state index in [0.29, 0.717) is 38.5 Å². The van der Waals surface area contributed by atoms with Crippen LogP contribution in [0.15, 0.2) is 12.2 Å². The lowest BCUT2D eigenvalue weighted by Crippen LogP contribution is -2.67. The summed E-state index contributed by atoms with van der Waals surface area (Å²) in [5, 5.41) is 108. The van der Waals surface area contributed by atoms with Gasteiger partial charge in [0.05, 0.1) is 37.6 Å². The molecule has 21 atom stereocenters. The van der Waals surface area contributed by atoms with Crippen LogP contribution in [-0.4, -0.2) is 181 Å². The minimum atomic E-state index is -1.89. The highest BCUT2D eigenvalue weighted by molar-refractivity contribution is 5.86. The molecule has 2 bridgehead atoms. The van der Waals surface area contributed by atoms with E-state index in [-0.39, 0.29) is 28.6 Å². The van der Waals surface area contributed by atoms with Gasteiger partial charge in [0.15, 0.2) is 18.9 Å². The SMILES string of the molecule is C=C1C[C@@]23CC[C@H]4[C@@](C)(CCC[C@@]4(C)C(=O)NCC(=O)O)[C@@H]2CC[C@]1(O[C@@H]1O[C@H](CO)[C@@H](O)[C@H](O[C@@H]2O[C@H](CO)[C@@H](C)[C@H](O)[C@H]2O)[C@H]1O[C@@H]1O[C@H](CO)[C@@H](O)[C@H](O)[C@H]1O)C3. The number of ether oxygens (including phenoxy) is 6. The minimum Gasteiger partial charge on any atom is -0.480 e. The third-order valence-electron chi connectivity index (χ3n) is 15.9. The molecule has 3 heterocycles. The zero-order chi connectivity index (χ0) is 43.7. The molecular weight excluding hydrogens is 794 g/mol. The van der Waals surface area contributed by atoms with E-state index >= 15 is 0 Å². The first-order chi connectivity index (χ1) is 28.3. The lowest BCUT2D eigenvalue weighted by molar-refractivity contribution is -0.398. The molecule has 3 saturated heterocycles. The van der Waals surface area contributed by atoms with Crippen LogP contribution in [0.1, 0.15) is 78.6 Å². The summed E-state index contributed by atoms with van der Waals surface area (Å²) in [5.74, 6) is -1.92. The van der Waals surface area contributed by atoms with Crippen LogP contribution in [0, 0.1) is 34.0 Å². The van der Waals surface area contributed by atoms with Crippen LogP contribution in [0.25, 0.3) is 0 Å². The molecule has 7 aliphatic rings. The average Bonchev–Trinajstić information content (AvgIpc) is 3.41. The summed E-state index contributed by atoms with van der Waals surface area (Å²) in [7, 11) is 0. The number of hydrogen-bond acceptors (Lipinski definition) is 17. The van der Waals surface area contributed by atoms with E-state index in [2.05, 4.69) is 18.8 Å². The van der Waals surface area contributed by atoms with Gasteiger partial charge in [-0.1, -0.05) is 33.8 Å². The maximum absolute atomic E-state index is 13.6. The second-order valence-corrected chi connectivity index (χ2v) is 19.1. The first-order valence-electron chi connectivity index (χ1n) is 21.3. The fourth-order valence-corrected chi connectivity index (χ4v) is 12.7. The van der Waals surface area contributed by atoms with Crippen LogP contribution < -0.4 is 5.32 Å². The number of fused-ring (bicyclic) bond motifs is 3. The summed E-state index contributed by atoms with van der Waals surface area (Å²) in [4.78, 5) is 25.0. The lowest BCUT2D eigenvalue weighted by Gasteiger charge is -2.64. The van der Waals surface area contributed by atoms with Gasteiger partial charge in [0.2, 0.25) is 5.91 Å². The maximum Gasteiger partial charge on any atom is 0.322 e. The molecule has 7 rings (SSSR count). The van der Waals surface area contributed by atoms with Crippen LogP contribution in [0.4, 0.5) is 0 Å². The monoisotopic (exact) mass is 859 g/mol. The average molecular weight is 860 g/mol. The molecule has 7 fully saturated rings. The number of aliphatic hydroxyl groups is 9. The fraction of sp³-hybridized carbons (Fsp3) is 0.902. The number of carbonyl (C=O) groups excluding carboxylic acids is 1. The van der Waals surface area contributed by atoms with Gasteiger partial charge in [0.25, 0.3) is 0 Å². The van der Waals surface area contributed by atoms with E-state index in [4.69, 9.17) is 28.4 Å². The van der Waals surface area contributed by atoms with Gasteiger partial charge in [-0.25, -0.2) is 0 Å². The maximum atomic E-state index is 13.6. The third-order valence-corrected chi connectivity index (χ3v) is 15.9. The highest BCUT2D eigenvalue weighted by atomic mass is 16.8. The number of carboxylic acids is 1. The summed E-state index contributed by atoms with van der Waals surface area (Å²) < 4.78 is 37.3. The molecule has 342 valence electrons. The molecule has 0 unspecified atom stereocenters. The number of aliphatic hydroxyl groups excluding tert-OH is 9. The van der Waals surface area contributed by atoms with Crippen molar-refractivity contribution in [3.8, 4) is 0 Å². The third kappa shape index (κ3) is 7.66. The summed E-state index contributed by atoms with van der Waals surface area (Å²) in [6, 6.07) is 0. The van der Waals surface area contributed by atoms with Gasteiger partial charge < -0.3 is 84.8 Å². The van der Waals surface area contributed by atoms with E-state index < -0.39 is 135 Å². The Labute approximate surface area is 348 Å². The Kier molecular flexibility index (Phi) is 13.2. The number of aliphatic carboxylic acids is 1. The molecule has 11 N–H and O–H groups in total. The molecule has 4 saturated carbocycles. The van der Waals surface area contributed by atoms with Crippen molar-refractivity contribution in [2.75, 3.05) is 26.4 Å².